The summed E-state index contributed by atoms with van der Waals surface area (Å²) in [6.07, 6.45) is 104. The summed E-state index contributed by atoms with van der Waals surface area (Å²) >= 11 is 0. The van der Waals surface area contributed by atoms with Crippen LogP contribution in [0.15, 0.2) is 146 Å². The number of amides is 1. The number of nitrogens with zero attached hydrogens (tertiary/aromatic N) is 1. The van der Waals surface area contributed by atoms with Crippen LogP contribution in [-0.4, -0.2) is 68.5 Å². The summed E-state index contributed by atoms with van der Waals surface area (Å²) in [5.41, 5.74) is 0. The summed E-state index contributed by atoms with van der Waals surface area (Å²) in [6.45, 7) is 4.51. The van der Waals surface area contributed by atoms with E-state index in [1.165, 1.54) is 161 Å². The number of phosphoric acid groups is 1. The normalized spacial score (nSPS) is 14.5. The largest absolute Gasteiger partial charge is 0.756 e. The Labute approximate surface area is 544 Å². The lowest BCUT2D eigenvalue weighted by atomic mass is 10.0. The number of carbonyl (C=O) groups excluding carboxylic acids is 1. The molecule has 0 aromatic heterocycles. The van der Waals surface area contributed by atoms with Crippen LogP contribution in [0.3, 0.4) is 0 Å². The fraction of sp³-hybridized carbons (Fsp3) is 0.684. The van der Waals surface area contributed by atoms with Crippen LogP contribution < -0.4 is 10.2 Å². The molecule has 8 nitrogen and oxygen atoms in total. The van der Waals surface area contributed by atoms with Crippen LogP contribution in [0.2, 0.25) is 0 Å². The highest BCUT2D eigenvalue weighted by atomic mass is 31.2. The quantitative estimate of drug-likeness (QED) is 0.0272. The third kappa shape index (κ3) is 69.8. The van der Waals surface area contributed by atoms with E-state index in [0.29, 0.717) is 17.4 Å². The van der Waals surface area contributed by atoms with Crippen molar-refractivity contribution in [2.75, 3.05) is 40.9 Å². The predicted octanol–water partition coefficient (Wildman–Crippen LogP) is 22.9. The van der Waals surface area contributed by atoms with Crippen molar-refractivity contribution in [3.63, 3.8) is 0 Å². The van der Waals surface area contributed by atoms with Crippen molar-refractivity contribution in [3.05, 3.63) is 146 Å². The van der Waals surface area contributed by atoms with E-state index in [0.717, 1.165) is 116 Å². The first-order chi connectivity index (χ1) is 43.0. The molecule has 3 unspecified atom stereocenters. The molecule has 0 fully saturated rings. The van der Waals surface area contributed by atoms with Crippen LogP contribution in [0.5, 0.6) is 0 Å². The number of unbranched alkanes of at least 4 members (excludes halogenated alkanes) is 30. The Hall–Kier alpha value is -3.62. The predicted molar refractivity (Wildman–Crippen MR) is 385 cm³/mol. The van der Waals surface area contributed by atoms with Gasteiger partial charge in [0.15, 0.2) is 0 Å². The van der Waals surface area contributed by atoms with E-state index in [9.17, 15) is 19.4 Å². The van der Waals surface area contributed by atoms with Crippen LogP contribution in [-0.2, 0) is 18.4 Å². The number of carbonyl (C=O) groups is 1. The summed E-state index contributed by atoms with van der Waals surface area (Å²) in [4.78, 5) is 25.6. The molecule has 88 heavy (non-hydrogen) atoms. The van der Waals surface area contributed by atoms with Crippen molar-refractivity contribution in [2.45, 2.75) is 309 Å². The number of nitrogens with one attached hydrogen (secondary N) is 1. The fourth-order valence-corrected chi connectivity index (χ4v) is 10.7. The Kier molecular flexibility index (Phi) is 65.0. The molecule has 2 N–H and O–H groups in total. The standard InChI is InChI=1S/C79H137N2O6P/c1-6-8-10-12-14-16-18-20-22-24-26-28-30-32-34-36-38-39-40-41-43-45-47-49-51-53-55-57-59-61-63-65-67-69-71-73-79(83)80-77(76-87-88(84,85)86-75-74-81(3,4)5)78(82)72-70-68-66-64-62-60-58-56-54-52-50-48-46-44-42-37-35-33-31-29-27-25-23-21-19-17-15-13-11-9-7-2/h8,10,14,16,20,22,26,28,32,34,38-39,41,43,47,49,53-56,62,64,70,72,77-78,82H,6-7,9,11-13,15,17-19,21,23-25,27,29-31,33,35-37,40,42,44-46,48,50-52,57-61,63,65-69,71,73-76H2,1-5H3,(H-,80,83,84,85)/b10-8-,16-14-,22-20-,28-26-,34-32-,39-38-,43-41-,49-47-,55-53-,56-54+,64-62+,72-70+. The van der Waals surface area contributed by atoms with Gasteiger partial charge in [0.25, 0.3) is 7.82 Å². The summed E-state index contributed by atoms with van der Waals surface area (Å²) in [5, 5.41) is 13.9. The first-order valence-electron chi connectivity index (χ1n) is 36.2. The summed E-state index contributed by atoms with van der Waals surface area (Å²) in [7, 11) is 1.21. The van der Waals surface area contributed by atoms with Crippen molar-refractivity contribution in [3.8, 4) is 0 Å². The highest BCUT2D eigenvalue weighted by Gasteiger charge is 2.23. The minimum Gasteiger partial charge on any atom is -0.756 e. The van der Waals surface area contributed by atoms with Gasteiger partial charge in [-0.2, -0.15) is 0 Å². The Bertz CT molecular complexity index is 1950. The number of aliphatic hydroxyl groups is 1. The molecule has 504 valence electrons. The second kappa shape index (κ2) is 67.8. The zero-order valence-electron chi connectivity index (χ0n) is 57.6. The van der Waals surface area contributed by atoms with E-state index in [1.807, 2.05) is 27.2 Å². The first kappa shape index (κ1) is 84.4. The lowest BCUT2D eigenvalue weighted by Crippen LogP contribution is -2.45. The molecule has 3 atom stereocenters. The summed E-state index contributed by atoms with van der Waals surface area (Å²) in [5.74, 6) is -0.226. The van der Waals surface area contributed by atoms with Gasteiger partial charge in [0.1, 0.15) is 13.2 Å². The number of quaternary nitrogens is 1. The van der Waals surface area contributed by atoms with Gasteiger partial charge in [-0.25, -0.2) is 0 Å². The van der Waals surface area contributed by atoms with Gasteiger partial charge in [0.2, 0.25) is 5.91 Å². The molecular formula is C79H137N2O6P. The fourth-order valence-electron chi connectivity index (χ4n) is 9.94. The SMILES string of the molecule is CC/C=C\C/C=C\C/C=C\C/C=C\C/C=C\C/C=C\C/C=C\C/C=C\C/C=C\CCCCCCCCCC(=O)NC(COP(=O)([O-])OCC[N+](C)(C)C)C(O)/C=C/CC/C=C/CC/C=C/CCCCCCCCCCCCCCCCCCCCCCC. The van der Waals surface area contributed by atoms with Gasteiger partial charge in [-0.1, -0.05) is 320 Å². The van der Waals surface area contributed by atoms with Gasteiger partial charge in [0, 0.05) is 6.42 Å². The molecule has 1 amide bonds. The average Bonchev–Trinajstić information content (AvgIpc) is 3.64. The van der Waals surface area contributed by atoms with Crippen molar-refractivity contribution in [1.82, 2.24) is 5.32 Å². The number of rotatable bonds is 65. The maximum Gasteiger partial charge on any atom is 0.268 e. The maximum atomic E-state index is 13.0. The van der Waals surface area contributed by atoms with Crippen LogP contribution in [0.1, 0.15) is 296 Å². The van der Waals surface area contributed by atoms with E-state index >= 15 is 0 Å². The van der Waals surface area contributed by atoms with E-state index in [4.69, 9.17) is 9.05 Å². The number of hydrogen-bond acceptors (Lipinski definition) is 6. The number of phosphoric ester groups is 1. The highest BCUT2D eigenvalue weighted by Crippen LogP contribution is 2.38. The van der Waals surface area contributed by atoms with Crippen molar-refractivity contribution >= 4 is 13.7 Å². The zero-order valence-corrected chi connectivity index (χ0v) is 58.5. The highest BCUT2D eigenvalue weighted by molar-refractivity contribution is 7.45. The third-order valence-electron chi connectivity index (χ3n) is 15.5. The molecule has 0 aliphatic carbocycles. The van der Waals surface area contributed by atoms with E-state index in [1.54, 1.807) is 6.08 Å². The van der Waals surface area contributed by atoms with E-state index in [2.05, 4.69) is 153 Å². The smallest absolute Gasteiger partial charge is 0.268 e. The molecule has 0 rings (SSSR count). The van der Waals surface area contributed by atoms with Crippen molar-refractivity contribution in [2.24, 2.45) is 0 Å². The Morgan fingerprint density at radius 3 is 1.06 bits per heavy atom. The average molecular weight is 1240 g/mol. The topological polar surface area (TPSA) is 108 Å². The molecule has 0 aromatic rings. The van der Waals surface area contributed by atoms with Gasteiger partial charge < -0.3 is 28.8 Å². The lowest BCUT2D eigenvalue weighted by molar-refractivity contribution is -0.870. The molecule has 0 spiro atoms. The third-order valence-corrected chi connectivity index (χ3v) is 16.5. The molecule has 9 heteroatoms. The Morgan fingerprint density at radius 2 is 0.705 bits per heavy atom. The zero-order chi connectivity index (χ0) is 64.1. The molecule has 0 aliphatic rings. The molecule has 0 radical (unpaired) electrons. The van der Waals surface area contributed by atoms with Gasteiger partial charge in [-0.15, -0.1) is 0 Å². The summed E-state index contributed by atoms with van der Waals surface area (Å²) < 4.78 is 23.4. The van der Waals surface area contributed by atoms with Crippen molar-refractivity contribution < 1.29 is 32.9 Å². The number of hydrogen-bond donors (Lipinski definition) is 2. The molecule has 0 aromatic carbocycles. The second-order valence-electron chi connectivity index (χ2n) is 25.2. The minimum atomic E-state index is -4.63. The number of aliphatic hydroxyl groups excluding tert-OH is 1. The molecule has 0 saturated heterocycles. The molecule has 0 saturated carbocycles. The van der Waals surface area contributed by atoms with Crippen LogP contribution in [0.25, 0.3) is 0 Å². The van der Waals surface area contributed by atoms with Crippen LogP contribution >= 0.6 is 7.82 Å². The Balaban J connectivity index is 4.21. The van der Waals surface area contributed by atoms with E-state index in [-0.39, 0.29) is 12.5 Å². The summed E-state index contributed by atoms with van der Waals surface area (Å²) in [6, 6.07) is -0.929. The molecule has 0 bridgehead atoms. The molecule has 0 aliphatic heterocycles. The van der Waals surface area contributed by atoms with Gasteiger partial charge in [-0.3, -0.25) is 9.36 Å². The lowest BCUT2D eigenvalue weighted by Gasteiger charge is -2.29. The maximum absolute atomic E-state index is 13.0. The molecule has 0 heterocycles. The van der Waals surface area contributed by atoms with Gasteiger partial charge >= 0.3 is 0 Å². The van der Waals surface area contributed by atoms with Crippen molar-refractivity contribution in [1.29, 1.82) is 0 Å². The van der Waals surface area contributed by atoms with Crippen LogP contribution in [0.4, 0.5) is 0 Å². The van der Waals surface area contributed by atoms with Gasteiger partial charge in [0.05, 0.1) is 39.9 Å². The van der Waals surface area contributed by atoms with E-state index < -0.39 is 26.6 Å². The minimum absolute atomic E-state index is 0.0189. The number of likely N-dealkylation sites (N-methyl/N-ethyl adjacent to an activating group) is 1. The first-order valence-corrected chi connectivity index (χ1v) is 37.7. The van der Waals surface area contributed by atoms with Crippen LogP contribution in [0, 0.1) is 0 Å². The second-order valence-corrected chi connectivity index (χ2v) is 26.6. The Morgan fingerprint density at radius 1 is 0.409 bits per heavy atom. The van der Waals surface area contributed by atoms with Gasteiger partial charge in [-0.05, 0) is 116 Å². The monoisotopic (exact) mass is 1240 g/mol. The number of allylic oxidation sites excluding steroid dienone is 23. The molecular weight excluding hydrogens is 1100 g/mol.